The Morgan fingerprint density at radius 1 is 0.933 bits per heavy atom. The third-order valence-electron chi connectivity index (χ3n) is 5.19. The van der Waals surface area contributed by atoms with Crippen LogP contribution in [0.15, 0.2) is 54.6 Å². The number of esters is 1. The van der Waals surface area contributed by atoms with Crippen molar-refractivity contribution in [2.24, 2.45) is 0 Å². The molecule has 4 nitrogen and oxygen atoms in total. The van der Waals surface area contributed by atoms with E-state index in [4.69, 9.17) is 4.74 Å². The highest BCUT2D eigenvalue weighted by molar-refractivity contribution is 14.1. The summed E-state index contributed by atoms with van der Waals surface area (Å²) in [6.45, 7) is 6.11. The van der Waals surface area contributed by atoms with Gasteiger partial charge in [-0.15, -0.1) is 0 Å². The summed E-state index contributed by atoms with van der Waals surface area (Å²) in [6.07, 6.45) is 0. The Morgan fingerprint density at radius 3 is 2.10 bits per heavy atom. The minimum Gasteiger partial charge on any atom is -0.507 e. The van der Waals surface area contributed by atoms with E-state index in [0.29, 0.717) is 3.57 Å². The minimum absolute atomic E-state index is 0.0790. The molecule has 0 aliphatic rings. The first-order chi connectivity index (χ1) is 14.1. The van der Waals surface area contributed by atoms with E-state index in [1.807, 2.05) is 78.0 Å². The number of hydrogen-bond donors (Lipinski definition) is 2. The van der Waals surface area contributed by atoms with Crippen LogP contribution in [0.1, 0.15) is 46.5 Å². The van der Waals surface area contributed by atoms with Crippen molar-refractivity contribution in [1.29, 1.82) is 0 Å². The summed E-state index contributed by atoms with van der Waals surface area (Å²) in [5, 5.41) is 20.6. The van der Waals surface area contributed by atoms with E-state index in [-0.39, 0.29) is 23.7 Å². The zero-order valence-corrected chi connectivity index (χ0v) is 21.2. The smallest absolute Gasteiger partial charge is 0.342 e. The van der Waals surface area contributed by atoms with E-state index in [0.717, 1.165) is 25.8 Å². The van der Waals surface area contributed by atoms with Crippen LogP contribution in [-0.4, -0.2) is 16.2 Å². The van der Waals surface area contributed by atoms with Gasteiger partial charge in [-0.25, -0.2) is 4.79 Å². The molecule has 0 aromatic heterocycles. The summed E-state index contributed by atoms with van der Waals surface area (Å²) < 4.78 is 6.79. The summed E-state index contributed by atoms with van der Waals surface area (Å²) in [5.74, 6) is -0.367. The Hall–Kier alpha value is -1.81. The molecule has 0 fully saturated rings. The first-order valence-electron chi connectivity index (χ1n) is 9.35. The lowest BCUT2D eigenvalue weighted by Crippen LogP contribution is -2.21. The van der Waals surface area contributed by atoms with Crippen molar-refractivity contribution in [2.75, 3.05) is 0 Å². The summed E-state index contributed by atoms with van der Waals surface area (Å²) in [4.78, 5) is 12.7. The van der Waals surface area contributed by atoms with Crippen LogP contribution in [0.2, 0.25) is 0 Å². The van der Waals surface area contributed by atoms with Gasteiger partial charge in [-0.05, 0) is 92.6 Å². The maximum atomic E-state index is 12.7. The number of phenols is 2. The van der Waals surface area contributed by atoms with E-state index in [9.17, 15) is 15.0 Å². The highest BCUT2D eigenvalue weighted by Crippen LogP contribution is 2.39. The second-order valence-corrected chi connectivity index (χ2v) is 9.99. The largest absolute Gasteiger partial charge is 0.507 e. The first-order valence-corrected chi connectivity index (χ1v) is 11.5. The second kappa shape index (κ2) is 9.13. The molecule has 0 saturated heterocycles. The van der Waals surface area contributed by atoms with E-state index >= 15 is 0 Å². The van der Waals surface area contributed by atoms with Gasteiger partial charge in [0.1, 0.15) is 23.7 Å². The van der Waals surface area contributed by atoms with Crippen molar-refractivity contribution in [1.82, 2.24) is 0 Å². The number of benzene rings is 3. The number of carbonyl (C=O) groups excluding carboxylic acids is 1. The monoisotopic (exact) mass is 628 g/mol. The molecule has 156 valence electrons. The topological polar surface area (TPSA) is 66.8 Å². The molecule has 0 unspecified atom stereocenters. The molecular formula is C24H22I2O4. The lowest BCUT2D eigenvalue weighted by Gasteiger charge is -2.28. The van der Waals surface area contributed by atoms with Gasteiger partial charge in [0.25, 0.3) is 0 Å². The molecule has 0 spiro atoms. The molecule has 0 aliphatic carbocycles. The maximum absolute atomic E-state index is 12.7. The number of phenolic OH excluding ortho intramolecular Hbond substituents is 2. The van der Waals surface area contributed by atoms with Crippen LogP contribution in [0.4, 0.5) is 0 Å². The number of carbonyl (C=O) groups is 1. The van der Waals surface area contributed by atoms with Crippen LogP contribution in [0.3, 0.4) is 0 Å². The lowest BCUT2D eigenvalue weighted by molar-refractivity contribution is 0.0469. The van der Waals surface area contributed by atoms with Crippen molar-refractivity contribution in [3.05, 3.63) is 89.6 Å². The molecule has 0 aliphatic heterocycles. The Balaban J connectivity index is 1.96. The van der Waals surface area contributed by atoms with E-state index in [1.165, 1.54) is 0 Å². The average Bonchev–Trinajstić information content (AvgIpc) is 2.72. The van der Waals surface area contributed by atoms with E-state index < -0.39 is 11.4 Å². The molecular weight excluding hydrogens is 606 g/mol. The number of ether oxygens (including phenoxy) is 1. The molecule has 0 bridgehead atoms. The Kier molecular flexibility index (Phi) is 6.96. The molecule has 30 heavy (non-hydrogen) atoms. The standard InChI is InChI=1S/C24H22I2O4/c1-14-9-16(11-19(25)21(14)27)24(2,3)17-10-18(22(28)20(26)12-17)23(29)30-13-15-7-5-4-6-8-15/h4-12,27-28H,13H2,1-3H3. The van der Waals surface area contributed by atoms with Gasteiger partial charge in [-0.1, -0.05) is 50.2 Å². The predicted molar refractivity (Wildman–Crippen MR) is 134 cm³/mol. The van der Waals surface area contributed by atoms with Gasteiger partial charge in [0, 0.05) is 5.41 Å². The maximum Gasteiger partial charge on any atom is 0.342 e. The van der Waals surface area contributed by atoms with Crippen LogP contribution >= 0.6 is 45.2 Å². The predicted octanol–water partition coefficient (Wildman–Crippen LogP) is 6.30. The van der Waals surface area contributed by atoms with E-state index in [1.54, 1.807) is 6.07 Å². The third-order valence-corrected chi connectivity index (χ3v) is 6.84. The fraction of sp³-hybridized carbons (Fsp3) is 0.208. The quantitative estimate of drug-likeness (QED) is 0.257. The number of halogens is 2. The number of hydrogen-bond acceptors (Lipinski definition) is 4. The molecule has 0 radical (unpaired) electrons. The molecule has 3 rings (SSSR count). The van der Waals surface area contributed by atoms with Crippen LogP contribution in [0, 0.1) is 14.1 Å². The summed E-state index contributed by atoms with van der Waals surface area (Å²) in [5.41, 5.74) is 3.24. The lowest BCUT2D eigenvalue weighted by atomic mass is 9.77. The molecule has 3 aromatic rings. The fourth-order valence-corrected chi connectivity index (χ4v) is 4.57. The molecule has 0 heterocycles. The van der Waals surface area contributed by atoms with Crippen molar-refractivity contribution in [3.63, 3.8) is 0 Å². The van der Waals surface area contributed by atoms with Crippen LogP contribution in [-0.2, 0) is 16.8 Å². The molecule has 0 amide bonds. The average molecular weight is 628 g/mol. The SMILES string of the molecule is Cc1cc(C(C)(C)c2cc(I)c(O)c(C(=O)OCc3ccccc3)c2)cc(I)c1O. The summed E-state index contributed by atoms with van der Waals surface area (Å²) in [6, 6.07) is 16.9. The normalized spacial score (nSPS) is 11.4. The summed E-state index contributed by atoms with van der Waals surface area (Å²) in [7, 11) is 0. The van der Waals surface area contributed by atoms with Crippen molar-refractivity contribution in [3.8, 4) is 11.5 Å². The van der Waals surface area contributed by atoms with Gasteiger partial charge in [0.2, 0.25) is 0 Å². The Bertz CT molecular complexity index is 1070. The van der Waals surface area contributed by atoms with Crippen LogP contribution in [0.5, 0.6) is 11.5 Å². The minimum atomic E-state index is -0.566. The van der Waals surface area contributed by atoms with Gasteiger partial charge in [-0.3, -0.25) is 0 Å². The highest BCUT2D eigenvalue weighted by atomic mass is 127. The zero-order chi connectivity index (χ0) is 22.1. The van der Waals surface area contributed by atoms with Crippen molar-refractivity contribution in [2.45, 2.75) is 32.8 Å². The van der Waals surface area contributed by atoms with Gasteiger partial charge in [0.15, 0.2) is 0 Å². The van der Waals surface area contributed by atoms with Crippen LogP contribution < -0.4 is 0 Å². The van der Waals surface area contributed by atoms with E-state index in [2.05, 4.69) is 36.4 Å². The number of rotatable bonds is 5. The van der Waals surface area contributed by atoms with Crippen molar-refractivity contribution < 1.29 is 19.7 Å². The third kappa shape index (κ3) is 4.74. The Labute approximate surface area is 203 Å². The number of aryl methyl sites for hydroxylation is 1. The van der Waals surface area contributed by atoms with Gasteiger partial charge in [0.05, 0.1) is 7.14 Å². The fourth-order valence-electron chi connectivity index (χ4n) is 3.18. The molecule has 0 atom stereocenters. The number of aromatic hydroxyl groups is 2. The van der Waals surface area contributed by atoms with Gasteiger partial charge in [-0.2, -0.15) is 0 Å². The highest BCUT2D eigenvalue weighted by Gasteiger charge is 2.28. The van der Waals surface area contributed by atoms with Crippen LogP contribution in [0.25, 0.3) is 0 Å². The molecule has 0 saturated carbocycles. The second-order valence-electron chi connectivity index (χ2n) is 7.66. The molecule has 2 N–H and O–H groups in total. The zero-order valence-electron chi connectivity index (χ0n) is 16.9. The van der Waals surface area contributed by atoms with Crippen molar-refractivity contribution >= 4 is 51.2 Å². The first kappa shape index (κ1) is 22.9. The van der Waals surface area contributed by atoms with Gasteiger partial charge >= 0.3 is 5.97 Å². The molecule has 6 heteroatoms. The Morgan fingerprint density at radius 2 is 1.50 bits per heavy atom. The summed E-state index contributed by atoms with van der Waals surface area (Å²) >= 11 is 4.14. The molecule has 3 aromatic carbocycles. The van der Waals surface area contributed by atoms with Gasteiger partial charge < -0.3 is 14.9 Å².